The van der Waals surface area contributed by atoms with Gasteiger partial charge in [-0.15, -0.1) is 12.4 Å². The highest BCUT2D eigenvalue weighted by molar-refractivity contribution is 5.89. The topological polar surface area (TPSA) is 29.5 Å². The Morgan fingerprint density at radius 3 is 2.50 bits per heavy atom. The van der Waals surface area contributed by atoms with Crippen LogP contribution in [0.15, 0.2) is 24.3 Å². The SMILES string of the molecule is CC(CN1C(C)CCCC1C)OC(=O)c1ccccc1F.Cl. The van der Waals surface area contributed by atoms with Crippen LogP contribution in [-0.4, -0.2) is 35.6 Å². The first-order chi connectivity index (χ1) is 9.99. The molecule has 5 heteroatoms. The van der Waals surface area contributed by atoms with Crippen molar-refractivity contribution < 1.29 is 13.9 Å². The van der Waals surface area contributed by atoms with Crippen LogP contribution in [-0.2, 0) is 4.74 Å². The minimum absolute atomic E-state index is 0. The number of likely N-dealkylation sites (tertiary alicyclic amines) is 1. The molecule has 0 spiro atoms. The fourth-order valence-corrected chi connectivity index (χ4v) is 3.04. The van der Waals surface area contributed by atoms with Gasteiger partial charge in [0.05, 0.1) is 5.56 Å². The zero-order valence-corrected chi connectivity index (χ0v) is 14.2. The highest BCUT2D eigenvalue weighted by atomic mass is 35.5. The molecule has 0 amide bonds. The van der Waals surface area contributed by atoms with E-state index in [0.29, 0.717) is 18.6 Å². The second-order valence-corrected chi connectivity index (χ2v) is 6.02. The van der Waals surface area contributed by atoms with E-state index >= 15 is 0 Å². The van der Waals surface area contributed by atoms with Crippen molar-refractivity contribution in [3.63, 3.8) is 0 Å². The molecular formula is C17H25ClFNO2. The molecule has 124 valence electrons. The normalized spacial score (nSPS) is 23.5. The van der Waals surface area contributed by atoms with E-state index in [4.69, 9.17) is 4.74 Å². The lowest BCUT2D eigenvalue weighted by atomic mass is 9.97. The summed E-state index contributed by atoms with van der Waals surface area (Å²) in [6, 6.07) is 6.94. The summed E-state index contributed by atoms with van der Waals surface area (Å²) in [5.41, 5.74) is 0.00379. The number of hydrogen-bond donors (Lipinski definition) is 0. The summed E-state index contributed by atoms with van der Waals surface area (Å²) >= 11 is 0. The van der Waals surface area contributed by atoms with Crippen molar-refractivity contribution in [1.29, 1.82) is 0 Å². The maximum absolute atomic E-state index is 13.6. The molecule has 1 aromatic carbocycles. The fraction of sp³-hybridized carbons (Fsp3) is 0.588. The lowest BCUT2D eigenvalue weighted by Gasteiger charge is -2.40. The number of piperidine rings is 1. The fourth-order valence-electron chi connectivity index (χ4n) is 3.04. The van der Waals surface area contributed by atoms with E-state index in [0.717, 1.165) is 0 Å². The molecule has 0 aromatic heterocycles. The molecule has 1 aromatic rings. The standard InChI is InChI=1S/C17H24FNO2.ClH/c1-12-7-6-8-13(2)19(12)11-14(3)21-17(20)15-9-4-5-10-16(15)18;/h4-5,9-10,12-14H,6-8,11H2,1-3H3;1H. The van der Waals surface area contributed by atoms with E-state index in [1.54, 1.807) is 12.1 Å². The molecule has 3 atom stereocenters. The van der Waals surface area contributed by atoms with Gasteiger partial charge in [0.1, 0.15) is 11.9 Å². The second-order valence-electron chi connectivity index (χ2n) is 6.02. The molecule has 1 aliphatic heterocycles. The molecule has 0 saturated carbocycles. The molecule has 1 saturated heterocycles. The molecule has 0 radical (unpaired) electrons. The van der Waals surface area contributed by atoms with Gasteiger partial charge in [-0.1, -0.05) is 18.6 Å². The summed E-state index contributed by atoms with van der Waals surface area (Å²) in [6.45, 7) is 6.98. The largest absolute Gasteiger partial charge is 0.458 e. The third kappa shape index (κ3) is 4.68. The minimum atomic E-state index is -0.585. The van der Waals surface area contributed by atoms with Gasteiger partial charge in [0.2, 0.25) is 0 Å². The first-order valence-corrected chi connectivity index (χ1v) is 7.70. The number of halogens is 2. The van der Waals surface area contributed by atoms with Crippen molar-refractivity contribution in [3.05, 3.63) is 35.6 Å². The van der Waals surface area contributed by atoms with Crippen LogP contribution in [0.3, 0.4) is 0 Å². The van der Waals surface area contributed by atoms with Crippen molar-refractivity contribution in [2.75, 3.05) is 6.54 Å². The van der Waals surface area contributed by atoms with E-state index in [1.807, 2.05) is 6.92 Å². The third-order valence-corrected chi connectivity index (χ3v) is 4.25. The molecule has 3 nitrogen and oxygen atoms in total. The number of rotatable bonds is 4. The molecule has 1 aliphatic rings. The van der Waals surface area contributed by atoms with Crippen LogP contribution in [0.1, 0.15) is 50.4 Å². The lowest BCUT2D eigenvalue weighted by Crippen LogP contribution is -2.47. The highest BCUT2D eigenvalue weighted by Crippen LogP contribution is 2.23. The van der Waals surface area contributed by atoms with Crippen LogP contribution in [0.4, 0.5) is 4.39 Å². The van der Waals surface area contributed by atoms with E-state index in [9.17, 15) is 9.18 Å². The highest BCUT2D eigenvalue weighted by Gasteiger charge is 2.27. The van der Waals surface area contributed by atoms with Crippen LogP contribution >= 0.6 is 12.4 Å². The van der Waals surface area contributed by atoms with Gasteiger partial charge in [-0.25, -0.2) is 9.18 Å². The van der Waals surface area contributed by atoms with E-state index in [2.05, 4.69) is 18.7 Å². The van der Waals surface area contributed by atoms with Gasteiger partial charge in [-0.05, 0) is 45.7 Å². The lowest BCUT2D eigenvalue weighted by molar-refractivity contribution is 0.00775. The van der Waals surface area contributed by atoms with Gasteiger partial charge in [-0.3, -0.25) is 4.90 Å². The number of nitrogens with zero attached hydrogens (tertiary/aromatic N) is 1. The Bertz CT molecular complexity index is 487. The summed E-state index contributed by atoms with van der Waals surface area (Å²) < 4.78 is 19.0. The van der Waals surface area contributed by atoms with E-state index in [1.165, 1.54) is 31.4 Å². The Kier molecular flexibility index (Phi) is 7.30. The monoisotopic (exact) mass is 329 g/mol. The Hall–Kier alpha value is -1.13. The minimum Gasteiger partial charge on any atom is -0.458 e. The molecular weight excluding hydrogens is 305 g/mol. The Labute approximate surface area is 138 Å². The number of ether oxygens (including phenoxy) is 1. The van der Waals surface area contributed by atoms with E-state index < -0.39 is 11.8 Å². The molecule has 0 N–H and O–H groups in total. The van der Waals surface area contributed by atoms with Gasteiger partial charge in [0.15, 0.2) is 0 Å². The first-order valence-electron chi connectivity index (χ1n) is 7.70. The van der Waals surface area contributed by atoms with Crippen LogP contribution in [0, 0.1) is 5.82 Å². The molecule has 22 heavy (non-hydrogen) atoms. The number of carbonyl (C=O) groups is 1. The van der Waals surface area contributed by atoms with Crippen molar-refractivity contribution in [2.24, 2.45) is 0 Å². The van der Waals surface area contributed by atoms with Crippen LogP contribution in [0.5, 0.6) is 0 Å². The molecule has 0 bridgehead atoms. The molecule has 2 rings (SSSR count). The Morgan fingerprint density at radius 2 is 1.91 bits per heavy atom. The Balaban J connectivity index is 0.00000242. The second kappa shape index (κ2) is 8.49. The van der Waals surface area contributed by atoms with Gasteiger partial charge < -0.3 is 4.74 Å². The van der Waals surface area contributed by atoms with Gasteiger partial charge in [0.25, 0.3) is 0 Å². The van der Waals surface area contributed by atoms with Crippen molar-refractivity contribution in [1.82, 2.24) is 4.90 Å². The molecule has 1 fully saturated rings. The number of hydrogen-bond acceptors (Lipinski definition) is 3. The zero-order valence-electron chi connectivity index (χ0n) is 13.4. The summed E-state index contributed by atoms with van der Waals surface area (Å²) in [5.74, 6) is -1.12. The first kappa shape index (κ1) is 18.9. The van der Waals surface area contributed by atoms with Crippen molar-refractivity contribution in [3.8, 4) is 0 Å². The number of benzene rings is 1. The van der Waals surface area contributed by atoms with Gasteiger partial charge in [-0.2, -0.15) is 0 Å². The van der Waals surface area contributed by atoms with Crippen LogP contribution in [0.2, 0.25) is 0 Å². The van der Waals surface area contributed by atoms with Gasteiger partial charge >= 0.3 is 5.97 Å². The number of carbonyl (C=O) groups excluding carboxylic acids is 1. The van der Waals surface area contributed by atoms with Gasteiger partial charge in [0, 0.05) is 18.6 Å². The average Bonchev–Trinajstić information content (AvgIpc) is 2.43. The zero-order chi connectivity index (χ0) is 15.4. The average molecular weight is 330 g/mol. The molecule has 3 unspecified atom stereocenters. The van der Waals surface area contributed by atoms with E-state index in [-0.39, 0.29) is 24.1 Å². The quantitative estimate of drug-likeness (QED) is 0.780. The van der Waals surface area contributed by atoms with Crippen LogP contribution < -0.4 is 0 Å². The van der Waals surface area contributed by atoms with Crippen molar-refractivity contribution in [2.45, 2.75) is 58.2 Å². The summed E-state index contributed by atoms with van der Waals surface area (Å²) in [7, 11) is 0. The van der Waals surface area contributed by atoms with Crippen molar-refractivity contribution >= 4 is 18.4 Å². The molecule has 0 aliphatic carbocycles. The maximum Gasteiger partial charge on any atom is 0.341 e. The summed E-state index contributed by atoms with van der Waals surface area (Å²) in [6.07, 6.45) is 3.36. The summed E-state index contributed by atoms with van der Waals surface area (Å²) in [4.78, 5) is 14.4. The number of esters is 1. The maximum atomic E-state index is 13.6. The predicted molar refractivity (Wildman–Crippen MR) is 88.0 cm³/mol. The van der Waals surface area contributed by atoms with Crippen LogP contribution in [0.25, 0.3) is 0 Å². The summed E-state index contributed by atoms with van der Waals surface area (Å²) in [5, 5.41) is 0. The predicted octanol–water partition coefficient (Wildman–Crippen LogP) is 4.06. The third-order valence-electron chi connectivity index (χ3n) is 4.25. The Morgan fingerprint density at radius 1 is 1.32 bits per heavy atom. The molecule has 1 heterocycles. The smallest absolute Gasteiger partial charge is 0.341 e.